The van der Waals surface area contributed by atoms with Crippen LogP contribution in [0.4, 0.5) is 22.0 Å². The molecule has 0 radical (unpaired) electrons. The topological polar surface area (TPSA) is 67.8 Å². The third kappa shape index (κ3) is 4.66. The minimum absolute atomic E-state index is 0.0359. The van der Waals surface area contributed by atoms with E-state index in [9.17, 15) is 26.7 Å². The molecule has 0 bridgehead atoms. The number of benzene rings is 3. The Morgan fingerprint density at radius 3 is 2.10 bits per heavy atom. The van der Waals surface area contributed by atoms with Gasteiger partial charge in [0.15, 0.2) is 0 Å². The van der Waals surface area contributed by atoms with Crippen molar-refractivity contribution in [3.05, 3.63) is 71.6 Å². The summed E-state index contributed by atoms with van der Waals surface area (Å²) in [7, 11) is -4.69. The van der Waals surface area contributed by atoms with Crippen molar-refractivity contribution in [3.63, 3.8) is 0 Å². The van der Waals surface area contributed by atoms with E-state index >= 15 is 0 Å². The molecule has 3 aromatic carbocycles. The Hall–Kier alpha value is -2.68. The maximum absolute atomic E-state index is 14.1. The number of fused-ring (bicyclic) bond motifs is 1. The van der Waals surface area contributed by atoms with Gasteiger partial charge in [0.25, 0.3) is 0 Å². The number of carbonyl (C=O) groups is 1. The number of hydrogen-bond acceptors (Lipinski definition) is 4. The molecule has 0 aromatic heterocycles. The van der Waals surface area contributed by atoms with Crippen LogP contribution in [0.15, 0.2) is 42.5 Å². The zero-order valence-corrected chi connectivity index (χ0v) is 17.3. The molecule has 0 aliphatic carbocycles. The van der Waals surface area contributed by atoms with Crippen LogP contribution in [0.1, 0.15) is 6.92 Å². The van der Waals surface area contributed by atoms with Crippen molar-refractivity contribution in [1.29, 1.82) is 0 Å². The van der Waals surface area contributed by atoms with Gasteiger partial charge < -0.3 is 0 Å². The number of nitrogens with one attached hydrogen (secondary N) is 1. The van der Waals surface area contributed by atoms with E-state index in [1.54, 1.807) is 36.4 Å². The molecule has 0 aliphatic heterocycles. The van der Waals surface area contributed by atoms with E-state index in [1.165, 1.54) is 6.07 Å². The summed E-state index contributed by atoms with van der Waals surface area (Å²) in [6, 6.07) is 9.97. The van der Waals surface area contributed by atoms with Crippen molar-refractivity contribution in [1.82, 2.24) is 5.09 Å². The Morgan fingerprint density at radius 1 is 0.935 bits per heavy atom. The average Bonchev–Trinajstić information content (AvgIpc) is 2.74. The summed E-state index contributed by atoms with van der Waals surface area (Å²) in [6.07, 6.45) is 0. The van der Waals surface area contributed by atoms with Gasteiger partial charge in [-0.2, -0.15) is 0 Å². The van der Waals surface area contributed by atoms with Gasteiger partial charge in [-0.25, -0.2) is 0 Å². The Labute approximate surface area is 177 Å². The Balaban J connectivity index is 2.09. The number of hydrogen-bond donors (Lipinski definition) is 2. The third-order valence-electron chi connectivity index (χ3n) is 4.15. The van der Waals surface area contributed by atoms with Crippen molar-refractivity contribution in [2.24, 2.45) is 0 Å². The first-order valence-electron chi connectivity index (χ1n) is 8.60. The number of rotatable bonds is 7. The van der Waals surface area contributed by atoms with Crippen LogP contribution in [0.5, 0.6) is 11.5 Å². The molecule has 5 nitrogen and oxygen atoms in total. The van der Waals surface area contributed by atoms with Crippen LogP contribution in [0.2, 0.25) is 0 Å². The molecule has 0 unspecified atom stereocenters. The summed E-state index contributed by atoms with van der Waals surface area (Å²) >= 11 is 6.28. The second-order valence-corrected chi connectivity index (χ2v) is 9.58. The first kappa shape index (κ1) is 23.0. The fraction of sp³-hybridized carbons (Fsp3) is 0.105. The zero-order valence-electron chi connectivity index (χ0n) is 15.6. The van der Waals surface area contributed by atoms with Crippen molar-refractivity contribution in [3.8, 4) is 11.5 Å². The Kier molecular flexibility index (Phi) is 6.54. The minimum atomic E-state index is -4.69. The van der Waals surface area contributed by atoms with Crippen LogP contribution in [0.3, 0.4) is 0 Å². The first-order valence-corrected chi connectivity index (χ1v) is 11.4. The van der Waals surface area contributed by atoms with Gasteiger partial charge in [-0.3, -0.25) is 0 Å². The normalized spacial score (nSPS) is 13.1. The first-order chi connectivity index (χ1) is 14.5. The van der Waals surface area contributed by atoms with Crippen LogP contribution < -0.4 is 14.1 Å². The fourth-order valence-electron chi connectivity index (χ4n) is 2.63. The van der Waals surface area contributed by atoms with E-state index in [-0.39, 0.29) is 5.75 Å². The SMILES string of the molecule is C[C@H](N[PH](Cl)(Oc1c(F)c(F)c(F)c(F)c1F)Oc1cccc2ccccc12)C(=O)O. The van der Waals surface area contributed by atoms with Gasteiger partial charge in [0.1, 0.15) is 0 Å². The molecule has 0 aliphatic rings. The van der Waals surface area contributed by atoms with Crippen LogP contribution in [0, 0.1) is 29.1 Å². The predicted octanol–water partition coefficient (Wildman–Crippen LogP) is 5.70. The summed E-state index contributed by atoms with van der Waals surface area (Å²) in [5, 5.41) is 12.6. The van der Waals surface area contributed by atoms with E-state index in [0.717, 1.165) is 6.92 Å². The fourth-order valence-corrected chi connectivity index (χ4v) is 5.31. The van der Waals surface area contributed by atoms with Crippen LogP contribution in [-0.2, 0) is 4.79 Å². The van der Waals surface area contributed by atoms with Gasteiger partial charge in [0.2, 0.25) is 0 Å². The monoisotopic (exact) mass is 481 g/mol. The summed E-state index contributed by atoms with van der Waals surface area (Å²) in [5.41, 5.74) is 0. The summed E-state index contributed by atoms with van der Waals surface area (Å²) in [4.78, 5) is 11.3. The van der Waals surface area contributed by atoms with E-state index in [0.29, 0.717) is 10.8 Å². The molecule has 0 saturated heterocycles. The van der Waals surface area contributed by atoms with Crippen LogP contribution in [0.25, 0.3) is 10.8 Å². The van der Waals surface area contributed by atoms with Crippen molar-refractivity contribution in [2.75, 3.05) is 0 Å². The van der Waals surface area contributed by atoms with Gasteiger partial charge in [-0.1, -0.05) is 0 Å². The molecule has 0 amide bonds. The van der Waals surface area contributed by atoms with Crippen LogP contribution in [-0.4, -0.2) is 17.1 Å². The van der Waals surface area contributed by atoms with E-state index in [4.69, 9.17) is 25.4 Å². The summed E-state index contributed by atoms with van der Waals surface area (Å²) < 4.78 is 79.3. The van der Waals surface area contributed by atoms with Crippen molar-refractivity contribution < 1.29 is 40.9 Å². The third-order valence-corrected chi connectivity index (χ3v) is 6.67. The molecule has 31 heavy (non-hydrogen) atoms. The number of halogens is 6. The van der Waals surface area contributed by atoms with Crippen molar-refractivity contribution in [2.45, 2.75) is 13.0 Å². The molecule has 2 N–H and O–H groups in total. The van der Waals surface area contributed by atoms with Gasteiger partial charge >= 0.3 is 177 Å². The molecule has 0 heterocycles. The quantitative estimate of drug-likeness (QED) is 0.196. The average molecular weight is 482 g/mol. The molecular weight excluding hydrogens is 468 g/mol. The Bertz CT molecular complexity index is 1130. The predicted molar refractivity (Wildman–Crippen MR) is 106 cm³/mol. The van der Waals surface area contributed by atoms with E-state index in [2.05, 4.69) is 5.09 Å². The molecule has 0 spiro atoms. The molecule has 3 rings (SSSR count). The molecule has 0 saturated carbocycles. The number of carboxylic acids is 1. The molecular formula is C19H14ClF5NO4P. The van der Waals surface area contributed by atoms with Crippen molar-refractivity contribution >= 4 is 35.2 Å². The van der Waals surface area contributed by atoms with Gasteiger partial charge in [-0.05, 0) is 0 Å². The molecule has 166 valence electrons. The standard InChI is InChI=1S/C19H14ClF5NO4P/c1-9(19(27)28)26-31(20,29-12-8-4-6-10-5-2-3-7-11(10)12)30-18-16(24)14(22)13(21)15(23)17(18)25/h2-9,26,31H,1H3,(H,27,28)/t9-/m0/s1. The van der Waals surface area contributed by atoms with E-state index < -0.39 is 54.1 Å². The second kappa shape index (κ2) is 8.82. The summed E-state index contributed by atoms with van der Waals surface area (Å²) in [6.45, 7) is 1.13. The number of aliphatic carboxylic acids is 1. The van der Waals surface area contributed by atoms with E-state index in [1.807, 2.05) is 0 Å². The summed E-state index contributed by atoms with van der Waals surface area (Å²) in [5.74, 6) is -14.5. The zero-order chi connectivity index (χ0) is 22.9. The van der Waals surface area contributed by atoms with Gasteiger partial charge in [0, 0.05) is 0 Å². The molecule has 12 heteroatoms. The van der Waals surface area contributed by atoms with Crippen LogP contribution >= 0.6 is 18.5 Å². The van der Waals surface area contributed by atoms with Gasteiger partial charge in [0.05, 0.1) is 0 Å². The molecule has 1 atom stereocenters. The van der Waals surface area contributed by atoms with Gasteiger partial charge in [-0.15, -0.1) is 0 Å². The number of carboxylic acid groups (broad SMARTS) is 1. The maximum atomic E-state index is 14.1. The Morgan fingerprint density at radius 2 is 1.48 bits per heavy atom. The second-order valence-electron chi connectivity index (χ2n) is 6.32. The molecule has 0 fully saturated rings. The molecule has 3 aromatic rings.